The number of aromatic nitrogens is 8. The molecule has 8 amide bonds. The number of likely N-dealkylation sites (tertiary alicyclic amines) is 4. The fourth-order valence-corrected chi connectivity index (χ4v) is 18.0. The van der Waals surface area contributed by atoms with E-state index in [9.17, 15) is 38.4 Å². The van der Waals surface area contributed by atoms with E-state index in [0.717, 1.165) is 186 Å². The van der Waals surface area contributed by atoms with Crippen molar-refractivity contribution in [3.63, 3.8) is 0 Å². The molecule has 4 aromatic carbocycles. The van der Waals surface area contributed by atoms with Gasteiger partial charge in [0.1, 0.15) is 44.4 Å². The number of hydrogen-bond donors (Lipinski definition) is 8. The van der Waals surface area contributed by atoms with Crippen molar-refractivity contribution in [2.75, 3.05) is 99.8 Å². The van der Waals surface area contributed by atoms with E-state index in [1.54, 1.807) is 43.5 Å². The lowest BCUT2D eigenvalue weighted by Gasteiger charge is -2.39. The van der Waals surface area contributed by atoms with Gasteiger partial charge in [0.05, 0.1) is 0 Å². The minimum absolute atomic E-state index is 0.00687. The second kappa shape index (κ2) is 40.9. The number of carbonyl (C=O) groups excluding carboxylic acids is 8. The lowest BCUT2D eigenvalue weighted by molar-refractivity contribution is -0.118. The monoisotopic (exact) mass is 2080 g/mol. The fourth-order valence-electron chi connectivity index (χ4n) is 16.2. The summed E-state index contributed by atoms with van der Waals surface area (Å²) < 4.78 is 11.5. The lowest BCUT2D eigenvalue weighted by Crippen LogP contribution is -2.48. The molecule has 4 aliphatic heterocycles. The smallest absolute Gasteiger partial charge is 0.254 e. The number of halogens is 4. The Balaban J connectivity index is 0.000000142. The molecular weight excluding hydrogens is 1980 g/mol. The first kappa shape index (κ1) is 91.6. The second-order valence-electron chi connectivity index (χ2n) is 33.6. The summed E-state index contributed by atoms with van der Waals surface area (Å²) in [7, 11) is 0. The van der Waals surface area contributed by atoms with Crippen LogP contribution in [0.15, 0.2) is 126 Å². The van der Waals surface area contributed by atoms with Gasteiger partial charge in [-0.05, 0) is 235 Å². The maximum absolute atomic E-state index is 12.2. The predicted octanol–water partition coefficient (Wildman–Crippen LogP) is 11.5. The van der Waals surface area contributed by atoms with E-state index in [4.69, 9.17) is 49.2 Å². The highest BCUT2D eigenvalue weighted by molar-refractivity contribution is 14.1. The number of rotatable bonds is 28. The SMILES string of the molecule is [C-]#[N+]CC1(n2cc(C(N)=O)c(NC(=O)C3CC3)n2)CCN(Cc2ccc(Br)cc2)CC1.[C-]#[N+]CC1(n2cc(C(N)=O)c(NC(=O)C3CC3)n2)CCN(Cc2ccc(I)cc2)CC1.[C-]#[N+]CC1(n2cc(C(N)=O)c(NC(=O)C3CC3)n2)CCN(Cc2cccc(I)c2)CC1.[C-]#[N+]CC1(n2cc(C(N)=O)c(NC(=O)C3CC3)n2)CCN(Cc2ccccc2I)CC1. The van der Waals surface area contributed by atoms with E-state index in [-0.39, 0.29) is 119 Å². The second-order valence-corrected chi connectivity index (χ2v) is 38.2. The third-order valence-corrected chi connectivity index (χ3v) is 27.5. The van der Waals surface area contributed by atoms with Crippen LogP contribution in [0.5, 0.6) is 0 Å². The first-order valence-electron chi connectivity index (χ1n) is 41.6. The Morgan fingerprint density at radius 3 is 0.927 bits per heavy atom. The number of piperidine rings is 4. The highest BCUT2D eigenvalue weighted by Crippen LogP contribution is 2.41. The van der Waals surface area contributed by atoms with Crippen LogP contribution in [0.1, 0.15) is 166 Å². The minimum Gasteiger partial charge on any atom is -0.365 e. The van der Waals surface area contributed by atoms with Crippen molar-refractivity contribution in [3.8, 4) is 0 Å². The molecule has 32 nitrogen and oxygen atoms in total. The summed E-state index contributed by atoms with van der Waals surface area (Å²) in [6.07, 6.45) is 19.1. The average molecular weight is 2080 g/mol. The number of hydrogen-bond acceptors (Lipinski definition) is 16. The predicted molar refractivity (Wildman–Crippen MR) is 496 cm³/mol. The van der Waals surface area contributed by atoms with E-state index < -0.39 is 45.8 Å². The van der Waals surface area contributed by atoms with Crippen LogP contribution in [-0.2, 0) is 67.5 Å². The molecule has 0 bridgehead atoms. The molecule has 4 saturated carbocycles. The molecule has 36 heteroatoms. The molecule has 4 aliphatic carbocycles. The first-order chi connectivity index (χ1) is 59.6. The van der Waals surface area contributed by atoms with Crippen molar-refractivity contribution >= 4 is 154 Å². The van der Waals surface area contributed by atoms with Gasteiger partial charge in [0.25, 0.3) is 23.6 Å². The van der Waals surface area contributed by atoms with Crippen molar-refractivity contribution in [3.05, 3.63) is 227 Å². The molecule has 648 valence electrons. The number of benzene rings is 4. The summed E-state index contributed by atoms with van der Waals surface area (Å²) >= 11 is 10.4. The van der Waals surface area contributed by atoms with Crippen molar-refractivity contribution in [1.29, 1.82) is 0 Å². The van der Waals surface area contributed by atoms with Gasteiger partial charge in [-0.25, -0.2) is 26.3 Å². The maximum Gasteiger partial charge on any atom is 0.254 e. The molecule has 8 aliphatic rings. The lowest BCUT2D eigenvalue weighted by atomic mass is 9.87. The van der Waals surface area contributed by atoms with Gasteiger partial charge in [0, 0.05) is 142 Å². The average Bonchev–Trinajstić information content (AvgIpc) is 1.58. The number of nitrogens with one attached hydrogen (secondary N) is 4. The van der Waals surface area contributed by atoms with Gasteiger partial charge in [-0.15, -0.1) is 0 Å². The van der Waals surface area contributed by atoms with E-state index >= 15 is 0 Å². The third-order valence-electron chi connectivity index (χ3n) is 24.5. The first-order valence-corrected chi connectivity index (χ1v) is 45.7. The molecule has 0 radical (unpaired) electrons. The highest BCUT2D eigenvalue weighted by atomic mass is 127. The Labute approximate surface area is 769 Å². The molecule has 8 aromatic rings. The van der Waals surface area contributed by atoms with Crippen LogP contribution < -0.4 is 44.2 Å². The Kier molecular flexibility index (Phi) is 30.3. The van der Waals surface area contributed by atoms with Crippen LogP contribution in [0.2, 0.25) is 0 Å². The highest BCUT2D eigenvalue weighted by Gasteiger charge is 2.47. The molecule has 12 N–H and O–H groups in total. The molecule has 124 heavy (non-hydrogen) atoms. The van der Waals surface area contributed by atoms with Crippen molar-refractivity contribution in [1.82, 2.24) is 58.7 Å². The van der Waals surface area contributed by atoms with E-state index in [1.807, 2.05) is 18.2 Å². The summed E-state index contributed by atoms with van der Waals surface area (Å²) in [5, 5.41) is 29.2. The summed E-state index contributed by atoms with van der Waals surface area (Å²) in [5.41, 5.74) is 25.9. The van der Waals surface area contributed by atoms with Gasteiger partial charge in [-0.2, -0.15) is 20.4 Å². The van der Waals surface area contributed by atoms with Gasteiger partial charge in [-0.1, -0.05) is 70.5 Å². The molecule has 4 saturated heterocycles. The Morgan fingerprint density at radius 2 is 0.653 bits per heavy atom. The van der Waals surface area contributed by atoms with Crippen LogP contribution >= 0.6 is 83.7 Å². The van der Waals surface area contributed by atoms with E-state index in [2.05, 4.69) is 243 Å². The molecule has 0 spiro atoms. The van der Waals surface area contributed by atoms with E-state index in [1.165, 1.54) is 33.0 Å². The zero-order valence-electron chi connectivity index (χ0n) is 68.7. The quantitative estimate of drug-likeness (QED) is 0.0167. The van der Waals surface area contributed by atoms with Crippen molar-refractivity contribution < 1.29 is 38.4 Å². The van der Waals surface area contributed by atoms with Crippen molar-refractivity contribution in [2.45, 2.75) is 151 Å². The molecule has 16 rings (SSSR count). The summed E-state index contributed by atoms with van der Waals surface area (Å²) in [6.45, 7) is 41.0. The molecular formula is C88H100BrI3N24O8. The number of primary amides is 4. The van der Waals surface area contributed by atoms with Gasteiger partial charge in [-0.3, -0.25) is 76.7 Å². The minimum atomic E-state index is -0.636. The standard InChI is InChI=1S/C22H25BrN6O2.3C22H25IN6O2/c2*1-25-14-22(8-10-28(11-9-22)12-15-2-6-17(23)7-3-15)29-13-18(19(24)30)20(27-29)26-21(31)16-4-5-16;1-25-14-22(7-9-28(10-8-22)12-15-3-2-4-17(23)11-15)29-13-18(19(24)30)20(27-29)26-21(31)16-5-6-16;1-25-14-22(8-10-28(11-9-22)12-16-4-2-3-5-18(16)23)29-13-17(19(24)30)20(27-29)26-21(31)15-6-7-15/h2*2-3,6-7,13,16H,4-5,8-12,14H2,(H2,24,30)(H,26,27,31);2-4,11,13,16H,5-10,12,14H2,(H2,24,30)(H,26,27,31);2-5,13,15H,6-12,14H2,(H2,24,30)(H,26,27,31). The maximum atomic E-state index is 12.2. The Morgan fingerprint density at radius 1 is 0.371 bits per heavy atom. The normalized spacial score (nSPS) is 18.3. The zero-order chi connectivity index (χ0) is 88.0. The van der Waals surface area contributed by atoms with Crippen LogP contribution in [-0.4, -0.2) is 185 Å². The summed E-state index contributed by atoms with van der Waals surface area (Å²) in [4.78, 5) is 121. The Hall–Kier alpha value is -10.1. The van der Waals surface area contributed by atoms with Gasteiger partial charge in [0.2, 0.25) is 49.8 Å². The molecule has 0 unspecified atom stereocenters. The number of nitrogens with zero attached hydrogens (tertiary/aromatic N) is 16. The topological polar surface area (TPSA) is 390 Å². The van der Waals surface area contributed by atoms with Crippen LogP contribution in [0.3, 0.4) is 0 Å². The fraction of sp³-hybridized carbons (Fsp3) is 0.455. The van der Waals surface area contributed by atoms with Gasteiger partial charge in [0.15, 0.2) is 23.3 Å². The zero-order valence-corrected chi connectivity index (χ0v) is 76.8. The molecule has 8 fully saturated rings. The van der Waals surface area contributed by atoms with Crippen LogP contribution in [0.25, 0.3) is 19.4 Å². The summed E-state index contributed by atoms with van der Waals surface area (Å²) in [5.74, 6) is -2.26. The molecule has 8 heterocycles. The van der Waals surface area contributed by atoms with Gasteiger partial charge < -0.3 is 63.6 Å². The van der Waals surface area contributed by atoms with Crippen LogP contribution in [0.4, 0.5) is 23.3 Å². The number of amides is 8. The number of carbonyl (C=O) groups is 8. The molecule has 0 atom stereocenters. The number of anilines is 4. The van der Waals surface area contributed by atoms with Gasteiger partial charge >= 0.3 is 0 Å². The number of nitrogens with two attached hydrogens (primary N) is 4. The van der Waals surface area contributed by atoms with Crippen LogP contribution in [0, 0.1) is 60.7 Å². The Bertz CT molecular complexity index is 5250. The largest absolute Gasteiger partial charge is 0.365 e. The molecule has 4 aromatic heterocycles. The van der Waals surface area contributed by atoms with E-state index in [0.29, 0.717) is 0 Å². The summed E-state index contributed by atoms with van der Waals surface area (Å²) in [6, 6.07) is 33.6. The van der Waals surface area contributed by atoms with Crippen molar-refractivity contribution in [2.24, 2.45) is 46.6 Å². The third kappa shape index (κ3) is 23.3.